The molecule has 124 valence electrons. The second-order valence-electron chi connectivity index (χ2n) is 5.78. The van der Waals surface area contributed by atoms with Crippen molar-refractivity contribution >= 4 is 17.3 Å². The molecule has 0 amide bonds. The highest BCUT2D eigenvalue weighted by Crippen LogP contribution is 2.28. The highest BCUT2D eigenvalue weighted by molar-refractivity contribution is 6.32. The molecule has 1 aliphatic rings. The molecule has 0 aromatic carbocycles. The van der Waals surface area contributed by atoms with Gasteiger partial charge >= 0.3 is 0 Å². The minimum Gasteiger partial charge on any atom is -0.492 e. The second-order valence-corrected chi connectivity index (χ2v) is 6.19. The van der Waals surface area contributed by atoms with E-state index in [0.29, 0.717) is 12.4 Å². The third-order valence-electron chi connectivity index (χ3n) is 3.79. The van der Waals surface area contributed by atoms with E-state index in [1.165, 1.54) is 5.56 Å². The molecule has 0 saturated carbocycles. The molecule has 23 heavy (non-hydrogen) atoms. The third-order valence-corrected chi connectivity index (χ3v) is 4.12. The molecule has 0 N–H and O–H groups in total. The van der Waals surface area contributed by atoms with Gasteiger partial charge in [0, 0.05) is 30.4 Å². The molecule has 0 unspecified atom stereocenters. The fourth-order valence-electron chi connectivity index (χ4n) is 2.52. The minimum atomic E-state index is 0.597. The zero-order valence-electron chi connectivity index (χ0n) is 14.1. The number of halogens is 1. The van der Waals surface area contributed by atoms with E-state index in [1.807, 2.05) is 26.2 Å². The zero-order valence-corrected chi connectivity index (χ0v) is 14.9. The Balaban J connectivity index is 2.20. The van der Waals surface area contributed by atoms with Crippen LogP contribution < -0.4 is 0 Å². The first kappa shape index (κ1) is 17.7. The van der Waals surface area contributed by atoms with E-state index in [2.05, 4.69) is 16.5 Å². The van der Waals surface area contributed by atoms with Crippen LogP contribution in [0.2, 0.25) is 5.02 Å². The largest absolute Gasteiger partial charge is 0.492 e. The molecular weight excluding hydrogens is 310 g/mol. The van der Waals surface area contributed by atoms with Gasteiger partial charge < -0.3 is 9.64 Å². The Labute approximate surface area is 143 Å². The van der Waals surface area contributed by atoms with Gasteiger partial charge in [0.25, 0.3) is 0 Å². The van der Waals surface area contributed by atoms with E-state index in [9.17, 15) is 0 Å². The third kappa shape index (κ3) is 4.66. The van der Waals surface area contributed by atoms with Crippen LogP contribution in [0.25, 0.3) is 0 Å². The summed E-state index contributed by atoms with van der Waals surface area (Å²) in [6.07, 6.45) is 6.67. The summed E-state index contributed by atoms with van der Waals surface area (Å²) in [5.41, 5.74) is 3.81. The Kier molecular flexibility index (Phi) is 6.37. The predicted octanol–water partition coefficient (Wildman–Crippen LogP) is 3.29. The van der Waals surface area contributed by atoms with E-state index in [0.717, 1.165) is 47.9 Å². The van der Waals surface area contributed by atoms with Crippen molar-refractivity contribution in [3.05, 3.63) is 52.5 Å². The predicted molar refractivity (Wildman–Crippen MR) is 96.5 cm³/mol. The quantitative estimate of drug-likeness (QED) is 0.436. The van der Waals surface area contributed by atoms with Gasteiger partial charge in [0.15, 0.2) is 0 Å². The normalized spacial score (nSPS) is 15.0. The highest BCUT2D eigenvalue weighted by Gasteiger charge is 2.18. The van der Waals surface area contributed by atoms with Crippen molar-refractivity contribution in [3.63, 3.8) is 0 Å². The Morgan fingerprint density at radius 2 is 2.26 bits per heavy atom. The summed E-state index contributed by atoms with van der Waals surface area (Å²) in [5.74, 6) is 0.686. The Morgan fingerprint density at radius 1 is 1.48 bits per heavy atom. The molecule has 4 nitrogen and oxygen atoms in total. The lowest BCUT2D eigenvalue weighted by atomic mass is 10.1. The van der Waals surface area contributed by atoms with E-state index in [4.69, 9.17) is 21.3 Å². The molecule has 2 rings (SSSR count). The maximum absolute atomic E-state index is 6.39. The van der Waals surface area contributed by atoms with Crippen molar-refractivity contribution in [2.24, 2.45) is 4.99 Å². The van der Waals surface area contributed by atoms with Crippen molar-refractivity contribution in [1.29, 1.82) is 0 Å². The summed E-state index contributed by atoms with van der Waals surface area (Å²) in [6, 6.07) is 1.89. The molecule has 0 fully saturated rings. The van der Waals surface area contributed by atoms with Crippen molar-refractivity contribution in [2.45, 2.75) is 19.3 Å². The van der Waals surface area contributed by atoms with Crippen molar-refractivity contribution in [1.82, 2.24) is 9.88 Å². The molecule has 0 saturated heterocycles. The SMILES string of the molecule is C=C/C(=C\C(=NC)c1cc(Cl)c2c(n1)CCC2)OCCN(C)C. The lowest BCUT2D eigenvalue weighted by Crippen LogP contribution is -2.18. The number of ether oxygens (including phenoxy) is 1. The molecule has 1 aromatic rings. The Bertz CT molecular complexity index is 635. The number of aryl methyl sites for hydroxylation is 1. The van der Waals surface area contributed by atoms with Crippen LogP contribution in [0, 0.1) is 0 Å². The summed E-state index contributed by atoms with van der Waals surface area (Å²) in [4.78, 5) is 11.1. The number of hydrogen-bond acceptors (Lipinski definition) is 4. The molecule has 0 bridgehead atoms. The smallest absolute Gasteiger partial charge is 0.120 e. The topological polar surface area (TPSA) is 37.7 Å². The zero-order chi connectivity index (χ0) is 16.8. The lowest BCUT2D eigenvalue weighted by molar-refractivity contribution is 0.193. The maximum Gasteiger partial charge on any atom is 0.120 e. The summed E-state index contributed by atoms with van der Waals surface area (Å²) < 4.78 is 5.74. The average molecular weight is 334 g/mol. The summed E-state index contributed by atoms with van der Waals surface area (Å²) in [6.45, 7) is 5.24. The van der Waals surface area contributed by atoms with Gasteiger partial charge in [-0.1, -0.05) is 18.2 Å². The number of aromatic nitrogens is 1. The number of nitrogens with zero attached hydrogens (tertiary/aromatic N) is 3. The van der Waals surface area contributed by atoms with Crippen molar-refractivity contribution in [3.8, 4) is 0 Å². The van der Waals surface area contributed by atoms with Gasteiger partial charge in [0.2, 0.25) is 0 Å². The molecule has 0 atom stereocenters. The molecule has 1 aliphatic carbocycles. The second kappa shape index (κ2) is 8.27. The van der Waals surface area contributed by atoms with E-state index in [1.54, 1.807) is 13.1 Å². The standard InChI is InChI=1S/C18H24ClN3O/c1-5-13(23-10-9-22(3)4)11-17(20-2)18-12-15(19)14-7-6-8-16(14)21-18/h5,11-12H,1,6-10H2,2-4H3/b13-11+,20-17?. The monoisotopic (exact) mass is 333 g/mol. The summed E-state index contributed by atoms with van der Waals surface area (Å²) in [5, 5.41) is 0.783. The molecule has 0 aliphatic heterocycles. The molecule has 1 heterocycles. The summed E-state index contributed by atoms with van der Waals surface area (Å²) in [7, 11) is 5.77. The van der Waals surface area contributed by atoms with Crippen LogP contribution in [0.5, 0.6) is 0 Å². The van der Waals surface area contributed by atoms with Gasteiger partial charge in [-0.25, -0.2) is 0 Å². The van der Waals surface area contributed by atoms with Crippen molar-refractivity contribution < 1.29 is 4.74 Å². The number of hydrogen-bond donors (Lipinski definition) is 0. The number of pyridine rings is 1. The number of fused-ring (bicyclic) bond motifs is 1. The molecule has 0 spiro atoms. The first-order valence-corrected chi connectivity index (χ1v) is 8.20. The fourth-order valence-corrected chi connectivity index (χ4v) is 2.82. The van der Waals surface area contributed by atoms with Gasteiger partial charge in [-0.2, -0.15) is 0 Å². The van der Waals surface area contributed by atoms with Crippen LogP contribution in [0.3, 0.4) is 0 Å². The van der Waals surface area contributed by atoms with Gasteiger partial charge in [-0.3, -0.25) is 9.98 Å². The van der Waals surface area contributed by atoms with E-state index in [-0.39, 0.29) is 0 Å². The fraction of sp³-hybridized carbons (Fsp3) is 0.444. The Morgan fingerprint density at radius 3 is 2.91 bits per heavy atom. The number of likely N-dealkylation sites (N-methyl/N-ethyl adjacent to an activating group) is 1. The van der Waals surface area contributed by atoms with Gasteiger partial charge in [-0.15, -0.1) is 0 Å². The lowest BCUT2D eigenvalue weighted by Gasteiger charge is -2.12. The van der Waals surface area contributed by atoms with Gasteiger partial charge in [-0.05, 0) is 51.1 Å². The van der Waals surface area contributed by atoms with Gasteiger partial charge in [0.05, 0.1) is 11.4 Å². The first-order valence-electron chi connectivity index (χ1n) is 7.82. The van der Waals surface area contributed by atoms with Crippen LogP contribution in [0.4, 0.5) is 0 Å². The first-order chi connectivity index (χ1) is 11.0. The number of allylic oxidation sites excluding steroid dienone is 2. The average Bonchev–Trinajstić information content (AvgIpc) is 2.99. The highest BCUT2D eigenvalue weighted by atomic mass is 35.5. The molecular formula is C18H24ClN3O. The molecule has 0 radical (unpaired) electrons. The number of rotatable bonds is 7. The van der Waals surface area contributed by atoms with E-state index >= 15 is 0 Å². The van der Waals surface area contributed by atoms with Crippen LogP contribution in [0.1, 0.15) is 23.4 Å². The number of aliphatic imine (C=N–C) groups is 1. The van der Waals surface area contributed by atoms with E-state index < -0.39 is 0 Å². The maximum atomic E-state index is 6.39. The van der Waals surface area contributed by atoms with Gasteiger partial charge in [0.1, 0.15) is 12.4 Å². The van der Waals surface area contributed by atoms with Crippen LogP contribution in [-0.4, -0.2) is 49.9 Å². The van der Waals surface area contributed by atoms with Crippen LogP contribution in [-0.2, 0) is 17.6 Å². The molecule has 1 aromatic heterocycles. The summed E-state index contributed by atoms with van der Waals surface area (Å²) >= 11 is 6.39. The molecule has 5 heteroatoms. The Hall–Kier alpha value is -1.65. The van der Waals surface area contributed by atoms with Crippen LogP contribution >= 0.6 is 11.6 Å². The minimum absolute atomic E-state index is 0.597. The van der Waals surface area contributed by atoms with Crippen LogP contribution in [0.15, 0.2) is 35.5 Å². The van der Waals surface area contributed by atoms with Crippen molar-refractivity contribution in [2.75, 3.05) is 34.3 Å².